The van der Waals surface area contributed by atoms with Crippen LogP contribution in [0.5, 0.6) is 0 Å². The van der Waals surface area contributed by atoms with Gasteiger partial charge in [0.25, 0.3) is 0 Å². The molecule has 19 heavy (non-hydrogen) atoms. The summed E-state index contributed by atoms with van der Waals surface area (Å²) in [6, 6.07) is 0.745. The zero-order valence-electron chi connectivity index (χ0n) is 12.9. The summed E-state index contributed by atoms with van der Waals surface area (Å²) < 4.78 is 1.94. The highest BCUT2D eigenvalue weighted by molar-refractivity contribution is 5.46. The Bertz CT molecular complexity index is 416. The molecule has 2 heterocycles. The third-order valence-corrected chi connectivity index (χ3v) is 4.25. The quantitative estimate of drug-likeness (QED) is 0.890. The van der Waals surface area contributed by atoms with Crippen LogP contribution < -0.4 is 5.32 Å². The fraction of sp³-hybridized carbons (Fsp3) is 0.786. The number of hydrogen-bond acceptors (Lipinski definition) is 4. The molecular formula is C14H27N5. The molecule has 1 aromatic rings. The van der Waals surface area contributed by atoms with Gasteiger partial charge in [-0.05, 0) is 47.0 Å². The predicted octanol–water partition coefficient (Wildman–Crippen LogP) is 1.30. The summed E-state index contributed by atoms with van der Waals surface area (Å²) in [7, 11) is 8.34. The highest BCUT2D eigenvalue weighted by Crippen LogP contribution is 2.23. The second-order valence-electron chi connectivity index (χ2n) is 5.76. The Labute approximate surface area is 116 Å². The maximum Gasteiger partial charge on any atom is 0.128 e. The fourth-order valence-corrected chi connectivity index (χ4v) is 3.02. The smallest absolute Gasteiger partial charge is 0.128 e. The van der Waals surface area contributed by atoms with Gasteiger partial charge < -0.3 is 10.2 Å². The van der Waals surface area contributed by atoms with Gasteiger partial charge in [0.15, 0.2) is 0 Å². The molecule has 1 aromatic heterocycles. The minimum atomic E-state index is 0.745. The molecule has 0 aromatic carbocycles. The molecular weight excluding hydrogens is 238 g/mol. The first-order chi connectivity index (χ1) is 9.02. The van der Waals surface area contributed by atoms with Crippen molar-refractivity contribution in [2.75, 3.05) is 39.5 Å². The molecule has 5 heteroatoms. The van der Waals surface area contributed by atoms with Crippen molar-refractivity contribution in [1.82, 2.24) is 19.6 Å². The van der Waals surface area contributed by atoms with Crippen molar-refractivity contribution < 1.29 is 0 Å². The largest absolute Gasteiger partial charge is 0.373 e. The van der Waals surface area contributed by atoms with Gasteiger partial charge in [0.05, 0.1) is 5.69 Å². The third-order valence-electron chi connectivity index (χ3n) is 4.25. The van der Waals surface area contributed by atoms with Crippen LogP contribution in [-0.2, 0) is 13.6 Å². The Morgan fingerprint density at radius 3 is 2.47 bits per heavy atom. The van der Waals surface area contributed by atoms with Crippen LogP contribution in [-0.4, -0.2) is 59.9 Å². The molecule has 0 amide bonds. The SMILES string of the molecule is CNc1c(CN2CCC(N(C)C)CC2)c(C)nn1C. The van der Waals surface area contributed by atoms with E-state index in [9.17, 15) is 0 Å². The molecule has 0 unspecified atom stereocenters. The van der Waals surface area contributed by atoms with Crippen LogP contribution in [0.3, 0.4) is 0 Å². The normalized spacial score (nSPS) is 18.2. The van der Waals surface area contributed by atoms with E-state index >= 15 is 0 Å². The molecule has 0 bridgehead atoms. The molecule has 1 aliphatic heterocycles. The Hall–Kier alpha value is -1.07. The Balaban J connectivity index is 1.99. The molecule has 1 aliphatic rings. The van der Waals surface area contributed by atoms with E-state index in [1.807, 2.05) is 18.8 Å². The number of anilines is 1. The minimum absolute atomic E-state index is 0.745. The van der Waals surface area contributed by atoms with Gasteiger partial charge in [0.1, 0.15) is 5.82 Å². The lowest BCUT2D eigenvalue weighted by atomic mass is 10.0. The molecule has 0 saturated carbocycles. The van der Waals surface area contributed by atoms with Gasteiger partial charge in [-0.1, -0.05) is 0 Å². The van der Waals surface area contributed by atoms with Crippen LogP contribution in [0.2, 0.25) is 0 Å². The van der Waals surface area contributed by atoms with E-state index in [1.54, 1.807) is 0 Å². The van der Waals surface area contributed by atoms with Crippen LogP contribution in [0, 0.1) is 6.92 Å². The van der Waals surface area contributed by atoms with E-state index < -0.39 is 0 Å². The Kier molecular flexibility index (Phi) is 4.47. The van der Waals surface area contributed by atoms with Crippen LogP contribution in [0.4, 0.5) is 5.82 Å². The number of aryl methyl sites for hydroxylation is 2. The highest BCUT2D eigenvalue weighted by Gasteiger charge is 2.22. The summed E-state index contributed by atoms with van der Waals surface area (Å²) in [5.41, 5.74) is 2.48. The van der Waals surface area contributed by atoms with E-state index in [0.29, 0.717) is 0 Å². The van der Waals surface area contributed by atoms with Crippen LogP contribution in [0.15, 0.2) is 0 Å². The van der Waals surface area contributed by atoms with Gasteiger partial charge >= 0.3 is 0 Å². The molecule has 108 valence electrons. The molecule has 0 aliphatic carbocycles. The number of likely N-dealkylation sites (tertiary alicyclic amines) is 1. The Morgan fingerprint density at radius 1 is 1.32 bits per heavy atom. The molecule has 2 rings (SSSR count). The summed E-state index contributed by atoms with van der Waals surface area (Å²) in [6.45, 7) is 5.47. The number of aromatic nitrogens is 2. The zero-order chi connectivity index (χ0) is 14.0. The topological polar surface area (TPSA) is 36.3 Å². The highest BCUT2D eigenvalue weighted by atomic mass is 15.3. The fourth-order valence-electron chi connectivity index (χ4n) is 3.02. The van der Waals surface area contributed by atoms with Crippen molar-refractivity contribution in [2.45, 2.75) is 32.4 Å². The number of hydrogen-bond donors (Lipinski definition) is 1. The van der Waals surface area contributed by atoms with Crippen molar-refractivity contribution in [3.8, 4) is 0 Å². The van der Waals surface area contributed by atoms with E-state index in [1.165, 1.54) is 31.5 Å². The van der Waals surface area contributed by atoms with Crippen molar-refractivity contribution >= 4 is 5.82 Å². The van der Waals surface area contributed by atoms with Crippen molar-refractivity contribution in [2.24, 2.45) is 7.05 Å². The van der Waals surface area contributed by atoms with Gasteiger partial charge in [-0.25, -0.2) is 0 Å². The van der Waals surface area contributed by atoms with E-state index in [0.717, 1.165) is 24.1 Å². The first-order valence-electron chi connectivity index (χ1n) is 7.12. The van der Waals surface area contributed by atoms with Crippen molar-refractivity contribution in [1.29, 1.82) is 0 Å². The lowest BCUT2D eigenvalue weighted by Crippen LogP contribution is -2.41. The second kappa shape index (κ2) is 5.92. The van der Waals surface area contributed by atoms with Gasteiger partial charge in [0, 0.05) is 32.2 Å². The van der Waals surface area contributed by atoms with Crippen molar-refractivity contribution in [3.05, 3.63) is 11.3 Å². The lowest BCUT2D eigenvalue weighted by molar-refractivity contribution is 0.140. The van der Waals surface area contributed by atoms with Gasteiger partial charge in [-0.3, -0.25) is 9.58 Å². The summed E-state index contributed by atoms with van der Waals surface area (Å²) in [4.78, 5) is 4.90. The monoisotopic (exact) mass is 265 g/mol. The summed E-state index contributed by atoms with van der Waals surface area (Å²) in [5.74, 6) is 1.15. The standard InChI is InChI=1S/C14H27N5/c1-11-13(14(15-2)18(5)16-11)10-19-8-6-12(7-9-19)17(3)4/h12,15H,6-10H2,1-5H3. The van der Waals surface area contributed by atoms with Crippen LogP contribution in [0.25, 0.3) is 0 Å². The molecule has 0 radical (unpaired) electrons. The Morgan fingerprint density at radius 2 is 1.95 bits per heavy atom. The summed E-state index contributed by atoms with van der Waals surface area (Å²) in [6.07, 6.45) is 2.53. The molecule has 1 N–H and O–H groups in total. The van der Waals surface area contributed by atoms with E-state index in [4.69, 9.17) is 0 Å². The zero-order valence-corrected chi connectivity index (χ0v) is 12.9. The van der Waals surface area contributed by atoms with Crippen LogP contribution in [0.1, 0.15) is 24.1 Å². The first-order valence-corrected chi connectivity index (χ1v) is 7.12. The average molecular weight is 265 g/mol. The minimum Gasteiger partial charge on any atom is -0.373 e. The lowest BCUT2D eigenvalue weighted by Gasteiger charge is -2.35. The second-order valence-corrected chi connectivity index (χ2v) is 5.76. The first kappa shape index (κ1) is 14.3. The van der Waals surface area contributed by atoms with E-state index in [2.05, 4.69) is 41.2 Å². The van der Waals surface area contributed by atoms with Gasteiger partial charge in [-0.15, -0.1) is 0 Å². The number of nitrogens with one attached hydrogen (secondary N) is 1. The number of nitrogens with zero attached hydrogens (tertiary/aromatic N) is 4. The molecule has 1 fully saturated rings. The molecule has 0 atom stereocenters. The van der Waals surface area contributed by atoms with Gasteiger partial charge in [0.2, 0.25) is 0 Å². The van der Waals surface area contributed by atoms with E-state index in [-0.39, 0.29) is 0 Å². The maximum absolute atomic E-state index is 4.51. The van der Waals surface area contributed by atoms with Crippen LogP contribution >= 0.6 is 0 Å². The third kappa shape index (κ3) is 3.09. The molecule has 5 nitrogen and oxygen atoms in total. The van der Waals surface area contributed by atoms with Crippen molar-refractivity contribution in [3.63, 3.8) is 0 Å². The molecule has 1 saturated heterocycles. The summed E-state index contributed by atoms with van der Waals surface area (Å²) in [5, 5.41) is 7.78. The predicted molar refractivity (Wildman–Crippen MR) is 79.5 cm³/mol. The maximum atomic E-state index is 4.51. The number of rotatable bonds is 4. The summed E-state index contributed by atoms with van der Waals surface area (Å²) >= 11 is 0. The molecule has 0 spiro atoms. The number of piperidine rings is 1. The average Bonchev–Trinajstić information content (AvgIpc) is 2.64. The van der Waals surface area contributed by atoms with Gasteiger partial charge in [-0.2, -0.15) is 5.10 Å².